The number of rotatable bonds is 54. The Morgan fingerprint density at radius 3 is 0.944 bits per heavy atom. The minimum Gasteiger partial charge on any atom is -0.462 e. The van der Waals surface area contributed by atoms with E-state index in [0.29, 0.717) is 19.3 Å². The van der Waals surface area contributed by atoms with Crippen molar-refractivity contribution in [3.63, 3.8) is 0 Å². The van der Waals surface area contributed by atoms with E-state index < -0.39 is 6.10 Å². The number of ether oxygens (including phenoxy) is 3. The van der Waals surface area contributed by atoms with Gasteiger partial charge in [-0.25, -0.2) is 0 Å². The third-order valence-electron chi connectivity index (χ3n) is 12.9. The van der Waals surface area contributed by atoms with Gasteiger partial charge in [-0.15, -0.1) is 0 Å². The molecule has 0 fully saturated rings. The number of hydrogen-bond acceptors (Lipinski definition) is 6. The van der Waals surface area contributed by atoms with Crippen LogP contribution in [0.2, 0.25) is 0 Å². The van der Waals surface area contributed by atoms with E-state index in [1.807, 2.05) is 0 Å². The maximum Gasteiger partial charge on any atom is 0.306 e. The number of carbonyl (C=O) groups is 3. The van der Waals surface area contributed by atoms with Crippen molar-refractivity contribution < 1.29 is 28.6 Å². The maximum absolute atomic E-state index is 12.9. The molecule has 0 aliphatic heterocycles. The van der Waals surface area contributed by atoms with Gasteiger partial charge in [0, 0.05) is 19.3 Å². The quantitative estimate of drug-likeness (QED) is 0.0261. The Bertz CT molecular complexity index is 1370. The maximum atomic E-state index is 12.9. The molecule has 0 spiro atoms. The summed E-state index contributed by atoms with van der Waals surface area (Å²) in [6, 6.07) is 0. The van der Waals surface area contributed by atoms with Gasteiger partial charge in [0.2, 0.25) is 0 Å². The fourth-order valence-corrected chi connectivity index (χ4v) is 8.39. The summed E-state index contributed by atoms with van der Waals surface area (Å²) >= 11 is 0. The highest BCUT2D eigenvalue weighted by molar-refractivity contribution is 5.71. The lowest BCUT2D eigenvalue weighted by molar-refractivity contribution is -0.167. The first-order valence-electron chi connectivity index (χ1n) is 30.1. The molecule has 0 aliphatic rings. The van der Waals surface area contributed by atoms with Crippen LogP contribution in [0.3, 0.4) is 0 Å². The first-order valence-corrected chi connectivity index (χ1v) is 30.1. The van der Waals surface area contributed by atoms with Crippen molar-refractivity contribution in [2.75, 3.05) is 13.2 Å². The lowest BCUT2D eigenvalue weighted by atomic mass is 10.0. The molecule has 0 heterocycles. The van der Waals surface area contributed by atoms with E-state index in [4.69, 9.17) is 14.2 Å². The summed E-state index contributed by atoms with van der Waals surface area (Å²) in [5.74, 6) is -0.962. The minimum atomic E-state index is -0.805. The molecule has 0 bridgehead atoms. The van der Waals surface area contributed by atoms with Gasteiger partial charge in [0.1, 0.15) is 13.2 Å². The molecule has 0 unspecified atom stereocenters. The number of carbonyl (C=O) groups excluding carboxylic acids is 3. The minimum absolute atomic E-state index is 0.0997. The van der Waals surface area contributed by atoms with Gasteiger partial charge in [-0.2, -0.15) is 0 Å². The fourth-order valence-electron chi connectivity index (χ4n) is 8.39. The first kappa shape index (κ1) is 67.6. The van der Waals surface area contributed by atoms with Gasteiger partial charge >= 0.3 is 17.9 Å². The van der Waals surface area contributed by atoms with Crippen LogP contribution in [-0.2, 0) is 28.6 Å². The SMILES string of the molecule is CC/C=C\C/C=C\C/C=C\C/C=C\C/C=C\CCCC(=O)OC[C@H](COC(=O)CCCCCCC/C=C\C/C=C\CCCCC)OC(=O)CCCCCCCCCCCCCCCCCCCCCCC. The van der Waals surface area contributed by atoms with Crippen molar-refractivity contribution in [3.8, 4) is 0 Å². The van der Waals surface area contributed by atoms with Crippen LogP contribution in [0.5, 0.6) is 0 Å². The van der Waals surface area contributed by atoms with Crippen LogP contribution >= 0.6 is 0 Å². The molecule has 6 nitrogen and oxygen atoms in total. The van der Waals surface area contributed by atoms with Gasteiger partial charge < -0.3 is 14.2 Å². The largest absolute Gasteiger partial charge is 0.462 e. The number of hydrogen-bond donors (Lipinski definition) is 0. The first-order chi connectivity index (χ1) is 35.0. The molecule has 71 heavy (non-hydrogen) atoms. The molecule has 0 N–H and O–H groups in total. The predicted molar refractivity (Wildman–Crippen MR) is 307 cm³/mol. The van der Waals surface area contributed by atoms with Gasteiger partial charge in [-0.3, -0.25) is 14.4 Å². The van der Waals surface area contributed by atoms with Crippen LogP contribution in [0, 0.1) is 0 Å². The third-order valence-corrected chi connectivity index (χ3v) is 12.9. The third kappa shape index (κ3) is 57.4. The Kier molecular flexibility index (Phi) is 56.3. The number of unbranched alkanes of at least 4 members (excludes halogenated alkanes) is 29. The van der Waals surface area contributed by atoms with Crippen molar-refractivity contribution in [1.29, 1.82) is 0 Å². The van der Waals surface area contributed by atoms with Crippen molar-refractivity contribution in [3.05, 3.63) is 85.1 Å². The molecular weight excluding hydrogens is 877 g/mol. The van der Waals surface area contributed by atoms with E-state index in [1.54, 1.807) is 0 Å². The molecule has 1 atom stereocenters. The van der Waals surface area contributed by atoms with Crippen LogP contribution in [0.4, 0.5) is 0 Å². The number of esters is 3. The summed E-state index contributed by atoms with van der Waals surface area (Å²) < 4.78 is 16.8. The van der Waals surface area contributed by atoms with Gasteiger partial charge in [-0.1, -0.05) is 266 Å². The van der Waals surface area contributed by atoms with Gasteiger partial charge in [0.05, 0.1) is 0 Å². The molecule has 0 aromatic carbocycles. The topological polar surface area (TPSA) is 78.9 Å². The molecule has 0 aromatic rings. The van der Waals surface area contributed by atoms with Gasteiger partial charge in [0.15, 0.2) is 6.10 Å². The smallest absolute Gasteiger partial charge is 0.306 e. The zero-order chi connectivity index (χ0) is 51.4. The zero-order valence-electron chi connectivity index (χ0n) is 46.7. The van der Waals surface area contributed by atoms with Crippen LogP contribution in [0.1, 0.15) is 290 Å². The van der Waals surface area contributed by atoms with E-state index in [0.717, 1.165) is 103 Å². The Balaban J connectivity index is 4.43. The van der Waals surface area contributed by atoms with E-state index in [1.165, 1.54) is 141 Å². The summed E-state index contributed by atoms with van der Waals surface area (Å²) in [5.41, 5.74) is 0. The predicted octanol–water partition coefficient (Wildman–Crippen LogP) is 20.3. The van der Waals surface area contributed by atoms with E-state index in [-0.39, 0.29) is 37.5 Å². The molecule has 0 aromatic heterocycles. The van der Waals surface area contributed by atoms with Crippen molar-refractivity contribution in [1.82, 2.24) is 0 Å². The second-order valence-electron chi connectivity index (χ2n) is 19.9. The zero-order valence-corrected chi connectivity index (χ0v) is 46.7. The monoisotopic (exact) mass is 989 g/mol. The Morgan fingerprint density at radius 1 is 0.296 bits per heavy atom. The standard InChI is InChI=1S/C65H112O6/c1-4-7-10-13-16-19-22-25-28-30-31-32-33-35-38-41-44-47-50-53-56-59-65(68)71-62(60-69-63(66)57-54-51-48-45-42-39-36-27-24-21-18-15-12-9-6-3)61-70-64(67)58-55-52-49-46-43-40-37-34-29-26-23-20-17-14-11-8-5-2/h8,11,17-18,20-21,26-27,29,36-37,40,46,49,62H,4-7,9-10,12-16,19,22-25,28,30-35,38-39,41-45,47-48,50-61H2,1-3H3/b11-8-,20-17-,21-18-,29-26-,36-27-,40-37-,49-46-/t62-/m0/s1. The van der Waals surface area contributed by atoms with E-state index in [9.17, 15) is 14.4 Å². The van der Waals surface area contributed by atoms with Crippen molar-refractivity contribution in [2.45, 2.75) is 297 Å². The Morgan fingerprint density at radius 2 is 0.563 bits per heavy atom. The van der Waals surface area contributed by atoms with Crippen molar-refractivity contribution in [2.24, 2.45) is 0 Å². The summed E-state index contributed by atoms with van der Waals surface area (Å²) in [6.45, 7) is 6.47. The summed E-state index contributed by atoms with van der Waals surface area (Å²) in [4.78, 5) is 38.2. The highest BCUT2D eigenvalue weighted by Crippen LogP contribution is 2.16. The van der Waals surface area contributed by atoms with Gasteiger partial charge in [-0.05, 0) is 89.9 Å². The van der Waals surface area contributed by atoms with Crippen LogP contribution in [0.25, 0.3) is 0 Å². The lowest BCUT2D eigenvalue weighted by Gasteiger charge is -2.18. The molecule has 0 rings (SSSR count). The van der Waals surface area contributed by atoms with E-state index >= 15 is 0 Å². The second kappa shape index (κ2) is 59.2. The van der Waals surface area contributed by atoms with E-state index in [2.05, 4.69) is 106 Å². The molecule has 0 amide bonds. The Hall–Kier alpha value is -3.41. The van der Waals surface area contributed by atoms with Crippen molar-refractivity contribution >= 4 is 17.9 Å². The molecule has 0 radical (unpaired) electrons. The van der Waals surface area contributed by atoms with Crippen LogP contribution in [-0.4, -0.2) is 37.2 Å². The summed E-state index contributed by atoms with van der Waals surface area (Å²) in [5, 5.41) is 0. The summed E-state index contributed by atoms with van der Waals surface area (Å²) in [6.07, 6.45) is 77.3. The second-order valence-corrected chi connectivity index (χ2v) is 19.9. The number of allylic oxidation sites excluding steroid dienone is 14. The lowest BCUT2D eigenvalue weighted by Crippen LogP contribution is -2.30. The van der Waals surface area contributed by atoms with Crippen LogP contribution < -0.4 is 0 Å². The molecule has 6 heteroatoms. The van der Waals surface area contributed by atoms with Crippen LogP contribution in [0.15, 0.2) is 85.1 Å². The normalized spacial score (nSPS) is 12.7. The van der Waals surface area contributed by atoms with Gasteiger partial charge in [0.25, 0.3) is 0 Å². The average molecular weight is 990 g/mol. The highest BCUT2D eigenvalue weighted by Gasteiger charge is 2.19. The average Bonchev–Trinajstić information content (AvgIpc) is 3.37. The Labute approximate surface area is 439 Å². The molecular formula is C65H112O6. The highest BCUT2D eigenvalue weighted by atomic mass is 16.6. The molecule has 408 valence electrons. The molecule has 0 saturated heterocycles. The summed E-state index contributed by atoms with van der Waals surface area (Å²) in [7, 11) is 0. The molecule has 0 saturated carbocycles. The fraction of sp³-hybridized carbons (Fsp3) is 0.738. The molecule has 0 aliphatic carbocycles.